The fraction of sp³-hybridized carbons (Fsp3) is 0.100. The monoisotopic (exact) mass is 202 g/mol. The van der Waals surface area contributed by atoms with Crippen LogP contribution in [0.25, 0.3) is 0 Å². The van der Waals surface area contributed by atoms with Crippen molar-refractivity contribution in [2.75, 3.05) is 0 Å². The average Bonchev–Trinajstić information content (AvgIpc) is 2.68. The van der Waals surface area contributed by atoms with Gasteiger partial charge in [0.05, 0.1) is 18.3 Å². The third-order valence-corrected chi connectivity index (χ3v) is 2.01. The SMILES string of the molecule is NC(=O)c1cnn(Cc2ccncc2)c1. The Hall–Kier alpha value is -2.17. The summed E-state index contributed by atoms with van der Waals surface area (Å²) in [5, 5.41) is 4.03. The van der Waals surface area contributed by atoms with Crippen LogP contribution in [0.2, 0.25) is 0 Å². The number of carbonyl (C=O) groups excluding carboxylic acids is 1. The van der Waals surface area contributed by atoms with E-state index in [0.717, 1.165) is 5.56 Å². The van der Waals surface area contributed by atoms with Gasteiger partial charge in [-0.05, 0) is 17.7 Å². The Balaban J connectivity index is 2.15. The first-order chi connectivity index (χ1) is 7.25. The van der Waals surface area contributed by atoms with Crippen LogP contribution in [0.3, 0.4) is 0 Å². The second kappa shape index (κ2) is 3.91. The molecule has 2 aromatic heterocycles. The van der Waals surface area contributed by atoms with Gasteiger partial charge in [0.15, 0.2) is 0 Å². The van der Waals surface area contributed by atoms with Gasteiger partial charge in [-0.2, -0.15) is 5.10 Å². The van der Waals surface area contributed by atoms with Crippen LogP contribution in [0.1, 0.15) is 15.9 Å². The lowest BCUT2D eigenvalue weighted by atomic mass is 10.3. The molecule has 0 aliphatic heterocycles. The molecule has 1 amide bonds. The lowest BCUT2D eigenvalue weighted by Gasteiger charge is -1.99. The standard InChI is InChI=1S/C10H10N4O/c11-10(15)9-5-13-14(7-9)6-8-1-3-12-4-2-8/h1-5,7H,6H2,(H2,11,15). The minimum Gasteiger partial charge on any atom is -0.366 e. The highest BCUT2D eigenvalue weighted by Crippen LogP contribution is 2.02. The largest absolute Gasteiger partial charge is 0.366 e. The quantitative estimate of drug-likeness (QED) is 0.784. The number of nitrogens with two attached hydrogens (primary N) is 1. The Morgan fingerprint density at radius 1 is 1.40 bits per heavy atom. The number of amides is 1. The van der Waals surface area contributed by atoms with E-state index >= 15 is 0 Å². The third-order valence-electron chi connectivity index (χ3n) is 2.01. The molecule has 0 atom stereocenters. The smallest absolute Gasteiger partial charge is 0.251 e. The van der Waals surface area contributed by atoms with E-state index in [-0.39, 0.29) is 0 Å². The number of primary amides is 1. The van der Waals surface area contributed by atoms with Crippen LogP contribution < -0.4 is 5.73 Å². The molecule has 2 rings (SSSR count). The van der Waals surface area contributed by atoms with Crippen LogP contribution in [0.5, 0.6) is 0 Å². The summed E-state index contributed by atoms with van der Waals surface area (Å²) < 4.78 is 1.66. The van der Waals surface area contributed by atoms with Crippen LogP contribution in [0.15, 0.2) is 36.9 Å². The number of hydrogen-bond donors (Lipinski definition) is 1. The molecular formula is C10H10N4O. The van der Waals surface area contributed by atoms with Crippen molar-refractivity contribution < 1.29 is 4.79 Å². The zero-order chi connectivity index (χ0) is 10.7. The van der Waals surface area contributed by atoms with Gasteiger partial charge in [0.25, 0.3) is 5.91 Å². The van der Waals surface area contributed by atoms with Crippen LogP contribution in [-0.2, 0) is 6.54 Å². The molecule has 2 heterocycles. The molecule has 15 heavy (non-hydrogen) atoms. The minimum atomic E-state index is -0.462. The predicted octanol–water partition coefficient (Wildman–Crippen LogP) is 0.425. The molecule has 0 fully saturated rings. The molecule has 2 N–H and O–H groups in total. The minimum absolute atomic E-state index is 0.420. The van der Waals surface area contributed by atoms with Crippen molar-refractivity contribution in [2.24, 2.45) is 5.73 Å². The summed E-state index contributed by atoms with van der Waals surface area (Å²) in [5.41, 5.74) is 6.61. The van der Waals surface area contributed by atoms with E-state index in [4.69, 9.17) is 5.73 Å². The van der Waals surface area contributed by atoms with Gasteiger partial charge in [0.2, 0.25) is 0 Å². The van der Waals surface area contributed by atoms with E-state index in [1.54, 1.807) is 23.3 Å². The zero-order valence-corrected chi connectivity index (χ0v) is 8.00. The third kappa shape index (κ3) is 2.19. The number of hydrogen-bond acceptors (Lipinski definition) is 3. The van der Waals surface area contributed by atoms with Gasteiger partial charge in [-0.25, -0.2) is 0 Å². The second-order valence-electron chi connectivity index (χ2n) is 3.15. The summed E-state index contributed by atoms with van der Waals surface area (Å²) in [6.07, 6.45) is 6.52. The van der Waals surface area contributed by atoms with Crippen molar-refractivity contribution in [3.63, 3.8) is 0 Å². The molecule has 0 aliphatic carbocycles. The van der Waals surface area contributed by atoms with Crippen LogP contribution in [0.4, 0.5) is 0 Å². The van der Waals surface area contributed by atoms with Gasteiger partial charge in [-0.15, -0.1) is 0 Å². The highest BCUT2D eigenvalue weighted by Gasteiger charge is 2.03. The van der Waals surface area contributed by atoms with E-state index in [1.165, 1.54) is 6.20 Å². The first-order valence-corrected chi connectivity index (χ1v) is 4.47. The molecule has 5 nitrogen and oxygen atoms in total. The maximum Gasteiger partial charge on any atom is 0.251 e. The van der Waals surface area contributed by atoms with E-state index < -0.39 is 5.91 Å². The Morgan fingerprint density at radius 3 is 2.73 bits per heavy atom. The van der Waals surface area contributed by atoms with Crippen molar-refractivity contribution in [1.29, 1.82) is 0 Å². The summed E-state index contributed by atoms with van der Waals surface area (Å²) in [7, 11) is 0. The molecule has 0 bridgehead atoms. The fourth-order valence-corrected chi connectivity index (χ4v) is 1.25. The molecule has 0 aromatic carbocycles. The van der Waals surface area contributed by atoms with Gasteiger partial charge in [-0.3, -0.25) is 14.5 Å². The Bertz CT molecular complexity index is 463. The normalized spacial score (nSPS) is 10.1. The van der Waals surface area contributed by atoms with E-state index in [1.807, 2.05) is 12.1 Å². The fourth-order valence-electron chi connectivity index (χ4n) is 1.25. The molecule has 5 heteroatoms. The molecule has 0 aliphatic rings. The number of aromatic nitrogens is 3. The first-order valence-electron chi connectivity index (χ1n) is 4.47. The van der Waals surface area contributed by atoms with E-state index in [2.05, 4.69) is 10.1 Å². The molecule has 0 unspecified atom stereocenters. The summed E-state index contributed by atoms with van der Waals surface area (Å²) >= 11 is 0. The number of pyridine rings is 1. The van der Waals surface area contributed by atoms with Crippen LogP contribution >= 0.6 is 0 Å². The molecule has 0 radical (unpaired) electrons. The number of carbonyl (C=O) groups is 1. The molecule has 0 saturated heterocycles. The second-order valence-corrected chi connectivity index (χ2v) is 3.15. The summed E-state index contributed by atoms with van der Waals surface area (Å²) in [6, 6.07) is 3.79. The van der Waals surface area contributed by atoms with Gasteiger partial charge >= 0.3 is 0 Å². The first kappa shape index (κ1) is 9.39. The van der Waals surface area contributed by atoms with Crippen LogP contribution in [-0.4, -0.2) is 20.7 Å². The highest BCUT2D eigenvalue weighted by molar-refractivity contribution is 5.92. The Labute approximate surface area is 86.5 Å². The van der Waals surface area contributed by atoms with Gasteiger partial charge in [0, 0.05) is 18.6 Å². The van der Waals surface area contributed by atoms with E-state index in [9.17, 15) is 4.79 Å². The molecule has 0 spiro atoms. The van der Waals surface area contributed by atoms with Gasteiger partial charge in [0.1, 0.15) is 0 Å². The van der Waals surface area contributed by atoms with Crippen molar-refractivity contribution in [2.45, 2.75) is 6.54 Å². The Morgan fingerprint density at radius 2 is 2.13 bits per heavy atom. The van der Waals surface area contributed by atoms with Crippen LogP contribution in [0, 0.1) is 0 Å². The number of rotatable bonds is 3. The summed E-state index contributed by atoms with van der Waals surface area (Å²) in [6.45, 7) is 0.607. The zero-order valence-electron chi connectivity index (χ0n) is 8.00. The molecule has 76 valence electrons. The van der Waals surface area contributed by atoms with Gasteiger partial charge in [-0.1, -0.05) is 0 Å². The Kier molecular flexibility index (Phi) is 2.45. The highest BCUT2D eigenvalue weighted by atomic mass is 16.1. The molecule has 2 aromatic rings. The van der Waals surface area contributed by atoms with Crippen molar-refractivity contribution in [3.8, 4) is 0 Å². The van der Waals surface area contributed by atoms with Crippen molar-refractivity contribution in [3.05, 3.63) is 48.0 Å². The maximum absolute atomic E-state index is 10.8. The average molecular weight is 202 g/mol. The summed E-state index contributed by atoms with van der Waals surface area (Å²) in [4.78, 5) is 14.7. The maximum atomic E-state index is 10.8. The van der Waals surface area contributed by atoms with E-state index in [0.29, 0.717) is 12.1 Å². The van der Waals surface area contributed by atoms with Crippen molar-refractivity contribution in [1.82, 2.24) is 14.8 Å². The lowest BCUT2D eigenvalue weighted by molar-refractivity contribution is 0.1000. The lowest BCUT2D eigenvalue weighted by Crippen LogP contribution is -2.09. The van der Waals surface area contributed by atoms with Crippen molar-refractivity contribution >= 4 is 5.91 Å². The van der Waals surface area contributed by atoms with Gasteiger partial charge < -0.3 is 5.73 Å². The predicted molar refractivity (Wildman–Crippen MR) is 54.1 cm³/mol. The number of nitrogens with zero attached hydrogens (tertiary/aromatic N) is 3. The molecule has 0 saturated carbocycles. The summed E-state index contributed by atoms with van der Waals surface area (Å²) in [5.74, 6) is -0.462. The molecular weight excluding hydrogens is 192 g/mol. The topological polar surface area (TPSA) is 73.8 Å².